The molecule has 0 radical (unpaired) electrons. The Hall–Kier alpha value is -2.86. The van der Waals surface area contributed by atoms with E-state index in [-0.39, 0.29) is 18.4 Å². The lowest BCUT2D eigenvalue weighted by molar-refractivity contribution is -0.121. The SMILES string of the molecule is CCN(CC)C(CNC(=O)CCn1c(=O)oc2ccccc21)Cc1ccccc1. The van der Waals surface area contributed by atoms with Crippen molar-refractivity contribution in [2.24, 2.45) is 0 Å². The van der Waals surface area contributed by atoms with Gasteiger partial charge in [0, 0.05) is 25.6 Å². The number of carbonyl (C=O) groups excluding carboxylic acids is 1. The number of hydrogen-bond acceptors (Lipinski definition) is 4. The van der Waals surface area contributed by atoms with Gasteiger partial charge in [0.25, 0.3) is 0 Å². The number of aryl methyl sites for hydroxylation is 1. The molecule has 3 rings (SSSR count). The van der Waals surface area contributed by atoms with Crippen molar-refractivity contribution in [1.29, 1.82) is 0 Å². The molecule has 0 aliphatic heterocycles. The van der Waals surface area contributed by atoms with E-state index in [0.717, 1.165) is 25.0 Å². The molecule has 1 aromatic heterocycles. The van der Waals surface area contributed by atoms with Crippen molar-refractivity contribution < 1.29 is 9.21 Å². The van der Waals surface area contributed by atoms with E-state index < -0.39 is 5.76 Å². The summed E-state index contributed by atoms with van der Waals surface area (Å²) in [6.45, 7) is 7.02. The van der Waals surface area contributed by atoms with Crippen molar-refractivity contribution in [2.45, 2.75) is 39.3 Å². The highest BCUT2D eigenvalue weighted by atomic mass is 16.4. The van der Waals surface area contributed by atoms with Crippen molar-refractivity contribution in [2.75, 3.05) is 19.6 Å². The number of benzene rings is 2. The van der Waals surface area contributed by atoms with Crippen molar-refractivity contribution in [3.05, 3.63) is 70.7 Å². The summed E-state index contributed by atoms with van der Waals surface area (Å²) in [4.78, 5) is 26.9. The van der Waals surface area contributed by atoms with Gasteiger partial charge in [-0.15, -0.1) is 0 Å². The van der Waals surface area contributed by atoms with Gasteiger partial charge < -0.3 is 9.73 Å². The van der Waals surface area contributed by atoms with E-state index >= 15 is 0 Å². The Bertz CT molecular complexity index is 974. The summed E-state index contributed by atoms with van der Waals surface area (Å²) in [5.74, 6) is -0.489. The van der Waals surface area contributed by atoms with Crippen LogP contribution in [0.4, 0.5) is 0 Å². The van der Waals surface area contributed by atoms with E-state index in [2.05, 4.69) is 36.2 Å². The van der Waals surface area contributed by atoms with Crippen LogP contribution in [0.2, 0.25) is 0 Å². The Morgan fingerprint density at radius 2 is 1.76 bits per heavy atom. The van der Waals surface area contributed by atoms with Gasteiger partial charge in [0.15, 0.2) is 5.58 Å². The van der Waals surface area contributed by atoms with Crippen LogP contribution in [0.1, 0.15) is 25.8 Å². The van der Waals surface area contributed by atoms with E-state index in [0.29, 0.717) is 18.7 Å². The van der Waals surface area contributed by atoms with Crippen molar-refractivity contribution >= 4 is 17.0 Å². The number of fused-ring (bicyclic) bond motifs is 1. The minimum Gasteiger partial charge on any atom is -0.408 e. The molecule has 0 bridgehead atoms. The van der Waals surface area contributed by atoms with Gasteiger partial charge >= 0.3 is 5.76 Å². The van der Waals surface area contributed by atoms with Gasteiger partial charge in [-0.3, -0.25) is 14.3 Å². The molecule has 0 aliphatic carbocycles. The first-order chi connectivity index (χ1) is 14.1. The molecule has 0 saturated heterocycles. The topological polar surface area (TPSA) is 67.5 Å². The molecule has 29 heavy (non-hydrogen) atoms. The molecule has 6 nitrogen and oxygen atoms in total. The van der Waals surface area contributed by atoms with Crippen LogP contribution in [0.5, 0.6) is 0 Å². The second kappa shape index (κ2) is 10.1. The largest absolute Gasteiger partial charge is 0.419 e. The third-order valence-electron chi connectivity index (χ3n) is 5.31. The standard InChI is InChI=1S/C23H29N3O3/c1-3-25(4-2)19(16-18-10-6-5-7-11-18)17-24-22(27)14-15-26-20-12-8-9-13-21(20)29-23(26)28/h5-13,19H,3-4,14-17H2,1-2H3,(H,24,27). The zero-order valence-corrected chi connectivity index (χ0v) is 17.1. The molecule has 2 aromatic carbocycles. The first-order valence-electron chi connectivity index (χ1n) is 10.2. The zero-order valence-electron chi connectivity index (χ0n) is 17.1. The predicted molar refractivity (Wildman–Crippen MR) is 115 cm³/mol. The van der Waals surface area contributed by atoms with Gasteiger partial charge in [-0.1, -0.05) is 56.3 Å². The normalized spacial score (nSPS) is 12.4. The van der Waals surface area contributed by atoms with E-state index in [4.69, 9.17) is 4.42 Å². The van der Waals surface area contributed by atoms with Crippen molar-refractivity contribution in [3.63, 3.8) is 0 Å². The Morgan fingerprint density at radius 1 is 1.07 bits per heavy atom. The lowest BCUT2D eigenvalue weighted by atomic mass is 10.0. The van der Waals surface area contributed by atoms with Crippen molar-refractivity contribution in [3.8, 4) is 0 Å². The van der Waals surface area contributed by atoms with E-state index in [1.165, 1.54) is 10.1 Å². The maximum Gasteiger partial charge on any atom is 0.419 e. The number of aromatic nitrogens is 1. The summed E-state index contributed by atoms with van der Waals surface area (Å²) < 4.78 is 6.74. The van der Waals surface area contributed by atoms with E-state index in [9.17, 15) is 9.59 Å². The summed E-state index contributed by atoms with van der Waals surface area (Å²) in [5.41, 5.74) is 2.52. The minimum absolute atomic E-state index is 0.0626. The highest BCUT2D eigenvalue weighted by molar-refractivity contribution is 5.76. The van der Waals surface area contributed by atoms with Gasteiger partial charge in [-0.05, 0) is 37.2 Å². The highest BCUT2D eigenvalue weighted by Crippen LogP contribution is 2.12. The van der Waals surface area contributed by atoms with E-state index in [1.54, 1.807) is 6.07 Å². The molecule has 0 saturated carbocycles. The van der Waals surface area contributed by atoms with Gasteiger partial charge in [0.2, 0.25) is 5.91 Å². The van der Waals surface area contributed by atoms with Crippen LogP contribution in [-0.2, 0) is 17.8 Å². The fraction of sp³-hybridized carbons (Fsp3) is 0.391. The number of oxazole rings is 1. The summed E-state index contributed by atoms with van der Waals surface area (Å²) in [6, 6.07) is 17.8. The van der Waals surface area contributed by atoms with Crippen molar-refractivity contribution in [1.82, 2.24) is 14.8 Å². The molecule has 0 aliphatic rings. The maximum absolute atomic E-state index is 12.5. The molecule has 6 heteroatoms. The average Bonchev–Trinajstić information content (AvgIpc) is 3.06. The average molecular weight is 396 g/mol. The molecule has 1 heterocycles. The van der Waals surface area contributed by atoms with Crippen LogP contribution in [0, 0.1) is 0 Å². The Labute approximate surface area is 171 Å². The lowest BCUT2D eigenvalue weighted by Gasteiger charge is -2.30. The van der Waals surface area contributed by atoms with Gasteiger partial charge in [-0.25, -0.2) is 4.79 Å². The second-order valence-corrected chi connectivity index (χ2v) is 7.11. The predicted octanol–water partition coefficient (Wildman–Crippen LogP) is 3.05. The van der Waals surface area contributed by atoms with E-state index in [1.807, 2.05) is 36.4 Å². The quantitative estimate of drug-likeness (QED) is 0.573. The van der Waals surface area contributed by atoms with Crippen LogP contribution in [0.3, 0.4) is 0 Å². The maximum atomic E-state index is 12.5. The Morgan fingerprint density at radius 3 is 2.48 bits per heavy atom. The second-order valence-electron chi connectivity index (χ2n) is 7.11. The number of carbonyl (C=O) groups is 1. The molecule has 3 aromatic rings. The van der Waals surface area contributed by atoms with Crippen LogP contribution in [-0.4, -0.2) is 41.1 Å². The summed E-state index contributed by atoms with van der Waals surface area (Å²) in [6.07, 6.45) is 1.12. The van der Waals surface area contributed by atoms with Gasteiger partial charge in [0.1, 0.15) is 0 Å². The van der Waals surface area contributed by atoms with Gasteiger partial charge in [-0.2, -0.15) is 0 Å². The first kappa shape index (κ1) is 20.9. The molecule has 1 N–H and O–H groups in total. The molecule has 1 atom stereocenters. The van der Waals surface area contributed by atoms with Crippen LogP contribution in [0.15, 0.2) is 63.8 Å². The summed E-state index contributed by atoms with van der Waals surface area (Å²) in [5, 5.41) is 3.06. The number of rotatable bonds is 10. The molecule has 0 spiro atoms. The summed E-state index contributed by atoms with van der Waals surface area (Å²) >= 11 is 0. The van der Waals surface area contributed by atoms with Gasteiger partial charge in [0.05, 0.1) is 5.52 Å². The number of nitrogens with zero attached hydrogens (tertiary/aromatic N) is 2. The number of likely N-dealkylation sites (N-methyl/N-ethyl adjacent to an activating group) is 1. The van der Waals surface area contributed by atoms with Crippen LogP contribution in [0.25, 0.3) is 11.1 Å². The fourth-order valence-electron chi connectivity index (χ4n) is 3.72. The van der Waals surface area contributed by atoms with Crippen LogP contribution >= 0.6 is 0 Å². The summed E-state index contributed by atoms with van der Waals surface area (Å²) in [7, 11) is 0. The number of nitrogens with one attached hydrogen (secondary N) is 1. The fourth-order valence-corrected chi connectivity index (χ4v) is 3.72. The highest BCUT2D eigenvalue weighted by Gasteiger charge is 2.18. The minimum atomic E-state index is -0.427. The molecule has 1 unspecified atom stereocenters. The Kier molecular flexibility index (Phi) is 7.25. The molecule has 1 amide bonds. The van der Waals surface area contributed by atoms with Crippen LogP contribution < -0.4 is 11.1 Å². The lowest BCUT2D eigenvalue weighted by Crippen LogP contribution is -2.45. The third kappa shape index (κ3) is 5.35. The molecule has 0 fully saturated rings. The number of para-hydroxylation sites is 2. The first-order valence-corrected chi connectivity index (χ1v) is 10.2. The molecule has 154 valence electrons. The smallest absolute Gasteiger partial charge is 0.408 e. The zero-order chi connectivity index (χ0) is 20.6. The Balaban J connectivity index is 1.59. The molecular weight excluding hydrogens is 366 g/mol. The molecular formula is C23H29N3O3. The number of amides is 1. The monoisotopic (exact) mass is 395 g/mol. The number of hydrogen-bond donors (Lipinski definition) is 1. The third-order valence-corrected chi connectivity index (χ3v) is 5.31.